The van der Waals surface area contributed by atoms with E-state index in [1.54, 1.807) is 0 Å². The van der Waals surface area contributed by atoms with Gasteiger partial charge >= 0.3 is 0 Å². The van der Waals surface area contributed by atoms with Gasteiger partial charge in [0.2, 0.25) is 0 Å². The topological polar surface area (TPSA) is 38.1 Å². The molecule has 0 aliphatic rings. The van der Waals surface area contributed by atoms with Gasteiger partial charge in [-0.3, -0.25) is 0 Å². The Labute approximate surface area is 89.1 Å². The van der Waals surface area contributed by atoms with Crippen molar-refractivity contribution in [3.05, 3.63) is 41.9 Å². The van der Waals surface area contributed by atoms with E-state index in [0.717, 1.165) is 23.6 Å². The Bertz CT molecular complexity index is 431. The van der Waals surface area contributed by atoms with Gasteiger partial charge in [-0.15, -0.1) is 0 Å². The highest BCUT2D eigenvalue weighted by molar-refractivity contribution is 5.59. The SMILES string of the molecule is CNCc1ncoc1-c1ccc(C)cc1. The molecule has 0 bridgehead atoms. The van der Waals surface area contributed by atoms with Crippen LogP contribution in [0.3, 0.4) is 0 Å². The summed E-state index contributed by atoms with van der Waals surface area (Å²) in [6, 6.07) is 8.24. The predicted molar refractivity (Wildman–Crippen MR) is 59.4 cm³/mol. The smallest absolute Gasteiger partial charge is 0.181 e. The number of hydrogen-bond acceptors (Lipinski definition) is 3. The van der Waals surface area contributed by atoms with Crippen molar-refractivity contribution in [1.29, 1.82) is 0 Å². The van der Waals surface area contributed by atoms with Crippen molar-refractivity contribution in [2.75, 3.05) is 7.05 Å². The average molecular weight is 202 g/mol. The lowest BCUT2D eigenvalue weighted by atomic mass is 10.1. The number of oxazole rings is 1. The summed E-state index contributed by atoms with van der Waals surface area (Å²) < 4.78 is 5.39. The highest BCUT2D eigenvalue weighted by Gasteiger charge is 2.08. The van der Waals surface area contributed by atoms with Crippen molar-refractivity contribution < 1.29 is 4.42 Å². The van der Waals surface area contributed by atoms with Gasteiger partial charge in [0.05, 0.1) is 0 Å². The first kappa shape index (κ1) is 9.93. The molecule has 0 unspecified atom stereocenters. The molecule has 0 saturated heterocycles. The van der Waals surface area contributed by atoms with Gasteiger partial charge in [0.25, 0.3) is 0 Å². The molecule has 0 amide bonds. The van der Waals surface area contributed by atoms with Crippen molar-refractivity contribution in [2.24, 2.45) is 0 Å². The molecule has 1 N–H and O–H groups in total. The molecule has 0 radical (unpaired) electrons. The molecule has 0 saturated carbocycles. The van der Waals surface area contributed by atoms with Crippen molar-refractivity contribution >= 4 is 0 Å². The van der Waals surface area contributed by atoms with Crippen LogP contribution in [-0.4, -0.2) is 12.0 Å². The molecule has 1 aromatic carbocycles. The third-order valence-electron chi connectivity index (χ3n) is 2.30. The summed E-state index contributed by atoms with van der Waals surface area (Å²) in [4.78, 5) is 4.18. The van der Waals surface area contributed by atoms with E-state index in [-0.39, 0.29) is 0 Å². The summed E-state index contributed by atoms with van der Waals surface area (Å²) in [7, 11) is 1.90. The molecule has 78 valence electrons. The van der Waals surface area contributed by atoms with Crippen LogP contribution < -0.4 is 5.32 Å². The van der Waals surface area contributed by atoms with E-state index in [0.29, 0.717) is 0 Å². The van der Waals surface area contributed by atoms with Crippen LogP contribution in [0, 0.1) is 6.92 Å². The number of rotatable bonds is 3. The van der Waals surface area contributed by atoms with Gasteiger partial charge in [-0.25, -0.2) is 4.98 Å². The first-order valence-corrected chi connectivity index (χ1v) is 4.95. The zero-order valence-electron chi connectivity index (χ0n) is 8.95. The summed E-state index contributed by atoms with van der Waals surface area (Å²) in [5.41, 5.74) is 3.26. The van der Waals surface area contributed by atoms with Gasteiger partial charge in [0, 0.05) is 12.1 Å². The molecule has 0 fully saturated rings. The maximum Gasteiger partial charge on any atom is 0.181 e. The normalized spacial score (nSPS) is 10.5. The van der Waals surface area contributed by atoms with Crippen LogP contribution in [0.25, 0.3) is 11.3 Å². The minimum absolute atomic E-state index is 0.722. The molecule has 0 spiro atoms. The van der Waals surface area contributed by atoms with Crippen LogP contribution >= 0.6 is 0 Å². The van der Waals surface area contributed by atoms with Gasteiger partial charge in [0.1, 0.15) is 5.69 Å². The van der Waals surface area contributed by atoms with Crippen LogP contribution in [-0.2, 0) is 6.54 Å². The number of benzene rings is 1. The molecule has 3 heteroatoms. The van der Waals surface area contributed by atoms with Crippen LogP contribution in [0.1, 0.15) is 11.3 Å². The third kappa shape index (κ3) is 2.07. The molecule has 0 aliphatic heterocycles. The summed E-state index contributed by atoms with van der Waals surface area (Å²) >= 11 is 0. The number of aryl methyl sites for hydroxylation is 1. The monoisotopic (exact) mass is 202 g/mol. The Balaban J connectivity index is 2.36. The Morgan fingerprint density at radius 2 is 2.00 bits per heavy atom. The molecular formula is C12H14N2O. The van der Waals surface area contributed by atoms with E-state index in [1.165, 1.54) is 12.0 Å². The van der Waals surface area contributed by atoms with E-state index in [9.17, 15) is 0 Å². The van der Waals surface area contributed by atoms with Crippen LogP contribution in [0.5, 0.6) is 0 Å². The maximum atomic E-state index is 5.39. The van der Waals surface area contributed by atoms with E-state index in [4.69, 9.17) is 4.42 Å². The summed E-state index contributed by atoms with van der Waals surface area (Å²) in [6.45, 7) is 2.79. The van der Waals surface area contributed by atoms with E-state index in [2.05, 4.69) is 41.5 Å². The first-order chi connectivity index (χ1) is 7.31. The zero-order valence-corrected chi connectivity index (χ0v) is 8.95. The van der Waals surface area contributed by atoms with E-state index in [1.807, 2.05) is 7.05 Å². The van der Waals surface area contributed by atoms with E-state index >= 15 is 0 Å². The largest absolute Gasteiger partial charge is 0.443 e. The van der Waals surface area contributed by atoms with E-state index < -0.39 is 0 Å². The standard InChI is InChI=1S/C12H14N2O/c1-9-3-5-10(6-4-9)12-11(7-13-2)14-8-15-12/h3-6,8,13H,7H2,1-2H3. The predicted octanol–water partition coefficient (Wildman–Crippen LogP) is 2.37. The van der Waals surface area contributed by atoms with Gasteiger partial charge in [-0.05, 0) is 14.0 Å². The molecule has 0 atom stereocenters. The van der Waals surface area contributed by atoms with Crippen LogP contribution in [0.4, 0.5) is 0 Å². The lowest BCUT2D eigenvalue weighted by Gasteiger charge is -2.01. The third-order valence-corrected chi connectivity index (χ3v) is 2.30. The number of aromatic nitrogens is 1. The summed E-state index contributed by atoms with van der Waals surface area (Å²) in [5.74, 6) is 0.851. The van der Waals surface area contributed by atoms with Crippen molar-refractivity contribution in [1.82, 2.24) is 10.3 Å². The number of nitrogens with one attached hydrogen (secondary N) is 1. The van der Waals surface area contributed by atoms with Crippen molar-refractivity contribution in [3.63, 3.8) is 0 Å². The summed E-state index contributed by atoms with van der Waals surface area (Å²) in [5, 5.41) is 3.07. The molecule has 2 aromatic rings. The fourth-order valence-corrected chi connectivity index (χ4v) is 1.50. The van der Waals surface area contributed by atoms with Gasteiger partial charge in [-0.2, -0.15) is 0 Å². The molecule has 2 rings (SSSR count). The molecule has 0 aliphatic carbocycles. The lowest BCUT2D eigenvalue weighted by molar-refractivity contribution is 0.570. The van der Waals surface area contributed by atoms with Gasteiger partial charge in [0.15, 0.2) is 12.2 Å². The van der Waals surface area contributed by atoms with Gasteiger partial charge < -0.3 is 9.73 Å². The fourth-order valence-electron chi connectivity index (χ4n) is 1.50. The fraction of sp³-hybridized carbons (Fsp3) is 0.250. The molecule has 1 heterocycles. The quantitative estimate of drug-likeness (QED) is 0.830. The number of hydrogen-bond donors (Lipinski definition) is 1. The van der Waals surface area contributed by atoms with Crippen molar-refractivity contribution in [3.8, 4) is 11.3 Å². The maximum absolute atomic E-state index is 5.39. The molecule has 15 heavy (non-hydrogen) atoms. The Morgan fingerprint density at radius 1 is 1.27 bits per heavy atom. The second kappa shape index (κ2) is 4.28. The van der Waals surface area contributed by atoms with Gasteiger partial charge in [-0.1, -0.05) is 29.8 Å². The Kier molecular flexibility index (Phi) is 2.83. The first-order valence-electron chi connectivity index (χ1n) is 4.95. The minimum Gasteiger partial charge on any atom is -0.443 e. The Hall–Kier alpha value is -1.61. The zero-order chi connectivity index (χ0) is 10.7. The molecular weight excluding hydrogens is 188 g/mol. The number of nitrogens with zero attached hydrogens (tertiary/aromatic N) is 1. The minimum atomic E-state index is 0.722. The molecule has 1 aromatic heterocycles. The average Bonchev–Trinajstić information content (AvgIpc) is 2.68. The van der Waals surface area contributed by atoms with Crippen LogP contribution in [0.15, 0.2) is 35.1 Å². The Morgan fingerprint density at radius 3 is 2.67 bits per heavy atom. The highest BCUT2D eigenvalue weighted by atomic mass is 16.3. The molecule has 3 nitrogen and oxygen atoms in total. The van der Waals surface area contributed by atoms with Crippen molar-refractivity contribution in [2.45, 2.75) is 13.5 Å². The lowest BCUT2D eigenvalue weighted by Crippen LogP contribution is -2.06. The highest BCUT2D eigenvalue weighted by Crippen LogP contribution is 2.23. The second-order valence-electron chi connectivity index (χ2n) is 3.52. The summed E-state index contributed by atoms with van der Waals surface area (Å²) in [6.07, 6.45) is 1.49. The second-order valence-corrected chi connectivity index (χ2v) is 3.52. The van der Waals surface area contributed by atoms with Crippen LogP contribution in [0.2, 0.25) is 0 Å².